The van der Waals surface area contributed by atoms with Crippen molar-refractivity contribution in [2.45, 2.75) is 115 Å². The Balaban J connectivity index is 0.000000112. The molecule has 6 aliphatic rings. The van der Waals surface area contributed by atoms with Crippen LogP contribution in [-0.2, 0) is 0 Å². The van der Waals surface area contributed by atoms with E-state index in [0.29, 0.717) is 36.7 Å². The monoisotopic (exact) mass is 853 g/mol. The predicted molar refractivity (Wildman–Crippen MR) is 226 cm³/mol. The number of nitrogens with zero attached hydrogens (tertiary/aromatic N) is 9. The van der Waals surface area contributed by atoms with Crippen molar-refractivity contribution in [3.8, 4) is 0 Å². The quantitative estimate of drug-likeness (QED) is 0.139. The van der Waals surface area contributed by atoms with Crippen LogP contribution in [0.5, 0.6) is 0 Å². The Labute approximate surface area is 363 Å². The summed E-state index contributed by atoms with van der Waals surface area (Å²) in [5, 5.41) is 23.3. The zero-order valence-electron chi connectivity index (χ0n) is 35.4. The number of aromatic nitrogens is 9. The minimum Gasteiger partial charge on any atom is -0.385 e. The summed E-state index contributed by atoms with van der Waals surface area (Å²) in [4.78, 5) is 48.9. The van der Waals surface area contributed by atoms with Gasteiger partial charge in [-0.3, -0.25) is 14.4 Å². The highest BCUT2D eigenvalue weighted by atomic mass is 19.1. The standard InChI is InChI=1S/2C16H16FN3O.C16H17N3O2/c2*1-9-4-2-3-5-11(9)13-8-12(17)16-18-15(19-20(13)16)14(21)10-6-7-10;1-9-4-2-3-5-11(9)12-8-13(20)16-17-15(18-19(12)16)14(21)10-6-7-10/h2*2-5,10,12-13H,6-8H2,1H3;2-5,10,12-13,20H,6-8H2,1H3/t12?,13-;12-,13-;12-,13+/m000/s1. The van der Waals surface area contributed by atoms with Gasteiger partial charge in [0.05, 0.1) is 18.1 Å². The van der Waals surface area contributed by atoms with E-state index in [1.54, 1.807) is 14.0 Å². The van der Waals surface area contributed by atoms with Crippen molar-refractivity contribution in [1.82, 2.24) is 44.3 Å². The van der Waals surface area contributed by atoms with Crippen LogP contribution < -0.4 is 0 Å². The second-order valence-electron chi connectivity index (χ2n) is 17.9. The highest BCUT2D eigenvalue weighted by Crippen LogP contribution is 2.43. The molecule has 324 valence electrons. The maximum Gasteiger partial charge on any atom is 0.217 e. The Hall–Kier alpha value is -6.09. The van der Waals surface area contributed by atoms with Crippen LogP contribution in [-0.4, -0.2) is 66.7 Å². The molecule has 13 nitrogen and oxygen atoms in total. The maximum absolute atomic E-state index is 14.2. The fraction of sp³-hybridized carbons (Fsp3) is 0.438. The Morgan fingerprint density at radius 2 is 0.794 bits per heavy atom. The summed E-state index contributed by atoms with van der Waals surface area (Å²) in [6.07, 6.45) is 3.80. The SMILES string of the molecule is Cc1ccccc1[C@@H]1CC(F)c2nc(C(=O)C3CC3)nn21.Cc1ccccc1[C@@H]1C[C@@H](O)c2nc(C(=O)C3CC3)nn21.Cc1ccccc1[C@@H]1C[C@H](F)c2nc(C(=O)C3CC3)nn21. The van der Waals surface area contributed by atoms with E-state index in [1.165, 1.54) is 0 Å². The third-order valence-corrected chi connectivity index (χ3v) is 13.2. The third-order valence-electron chi connectivity index (χ3n) is 13.2. The van der Waals surface area contributed by atoms with Crippen LogP contribution in [0, 0.1) is 38.5 Å². The van der Waals surface area contributed by atoms with E-state index in [2.05, 4.69) is 30.2 Å². The molecule has 0 saturated heterocycles. The Morgan fingerprint density at radius 1 is 0.492 bits per heavy atom. The first kappa shape index (κ1) is 41.0. The number of carbonyl (C=O) groups is 3. The summed E-state index contributed by atoms with van der Waals surface area (Å²) >= 11 is 0. The van der Waals surface area contributed by atoms with Crippen LogP contribution in [0.1, 0.15) is 177 Å². The van der Waals surface area contributed by atoms with Gasteiger partial charge in [-0.15, -0.1) is 15.3 Å². The van der Waals surface area contributed by atoms with Gasteiger partial charge in [-0.05, 0) is 92.7 Å². The average Bonchev–Trinajstić information content (AvgIpc) is 4.24. The number of carbonyl (C=O) groups excluding carboxylic acids is 3. The van der Waals surface area contributed by atoms with Gasteiger partial charge in [-0.25, -0.2) is 37.8 Å². The van der Waals surface area contributed by atoms with Crippen molar-refractivity contribution in [3.05, 3.63) is 141 Å². The van der Waals surface area contributed by atoms with Crippen LogP contribution >= 0.6 is 0 Å². The van der Waals surface area contributed by atoms with Gasteiger partial charge in [-0.2, -0.15) is 0 Å². The normalized spacial score (nSPS) is 24.1. The molecule has 6 heterocycles. The number of aliphatic hydroxyl groups excluding tert-OH is 1. The number of aliphatic hydroxyl groups is 1. The number of ketones is 3. The van der Waals surface area contributed by atoms with Crippen molar-refractivity contribution in [2.75, 3.05) is 0 Å². The Kier molecular flexibility index (Phi) is 10.6. The van der Waals surface area contributed by atoms with Crippen LogP contribution in [0.25, 0.3) is 0 Å². The van der Waals surface area contributed by atoms with Gasteiger partial charge < -0.3 is 5.11 Å². The summed E-state index contributed by atoms with van der Waals surface area (Å²) in [6.45, 7) is 6.06. The molecule has 3 fully saturated rings. The largest absolute Gasteiger partial charge is 0.385 e. The number of aryl methyl sites for hydroxylation is 3. The molecule has 0 spiro atoms. The highest BCUT2D eigenvalue weighted by Gasteiger charge is 2.42. The van der Waals surface area contributed by atoms with E-state index in [1.807, 2.05) is 93.6 Å². The summed E-state index contributed by atoms with van der Waals surface area (Å²) in [5.41, 5.74) is 6.60. The maximum atomic E-state index is 14.2. The molecule has 3 aromatic carbocycles. The average molecular weight is 854 g/mol. The second kappa shape index (κ2) is 16.2. The van der Waals surface area contributed by atoms with Gasteiger partial charge in [0.1, 0.15) is 6.10 Å². The molecule has 3 aromatic heterocycles. The third kappa shape index (κ3) is 7.85. The van der Waals surface area contributed by atoms with E-state index in [-0.39, 0.29) is 70.7 Å². The highest BCUT2D eigenvalue weighted by molar-refractivity contribution is 5.97. The Morgan fingerprint density at radius 3 is 1.13 bits per heavy atom. The molecule has 1 N–H and O–H groups in total. The number of rotatable bonds is 9. The van der Waals surface area contributed by atoms with Crippen molar-refractivity contribution in [3.63, 3.8) is 0 Å². The van der Waals surface area contributed by atoms with Crippen molar-refractivity contribution in [2.24, 2.45) is 17.8 Å². The summed E-state index contributed by atoms with van der Waals surface area (Å²) in [6, 6.07) is 23.5. The molecule has 0 amide bonds. The number of benzene rings is 3. The molecule has 1 unspecified atom stereocenters. The molecule has 0 radical (unpaired) electrons. The Bertz CT molecular complexity index is 2450. The van der Waals surface area contributed by atoms with Crippen LogP contribution in [0.4, 0.5) is 8.78 Å². The van der Waals surface area contributed by atoms with Gasteiger partial charge in [-0.1, -0.05) is 72.8 Å². The van der Waals surface area contributed by atoms with Crippen LogP contribution in [0.3, 0.4) is 0 Å². The smallest absolute Gasteiger partial charge is 0.217 e. The number of alkyl halides is 2. The molecule has 12 rings (SSSR count). The zero-order valence-corrected chi connectivity index (χ0v) is 35.4. The fourth-order valence-electron chi connectivity index (χ4n) is 9.12. The van der Waals surface area contributed by atoms with Gasteiger partial charge in [0.25, 0.3) is 0 Å². The molecule has 15 heteroatoms. The lowest BCUT2D eigenvalue weighted by Gasteiger charge is -2.14. The lowest BCUT2D eigenvalue weighted by atomic mass is 9.99. The molecule has 3 aliphatic carbocycles. The van der Waals surface area contributed by atoms with Gasteiger partial charge in [0.15, 0.2) is 29.8 Å². The van der Waals surface area contributed by atoms with Gasteiger partial charge in [0, 0.05) is 37.0 Å². The lowest BCUT2D eigenvalue weighted by Crippen LogP contribution is -2.11. The minimum absolute atomic E-state index is 0.0210. The first-order valence-corrected chi connectivity index (χ1v) is 22.1. The zero-order chi connectivity index (χ0) is 43.7. The minimum atomic E-state index is -1.15. The van der Waals surface area contributed by atoms with E-state index in [4.69, 9.17) is 0 Å². The lowest BCUT2D eigenvalue weighted by molar-refractivity contribution is 0.0948. The van der Waals surface area contributed by atoms with Gasteiger partial charge in [0.2, 0.25) is 34.8 Å². The summed E-state index contributed by atoms with van der Waals surface area (Å²) in [5.74, 6) is 1.93. The van der Waals surface area contributed by atoms with Crippen molar-refractivity contribution >= 4 is 17.3 Å². The number of fused-ring (bicyclic) bond motifs is 3. The topological polar surface area (TPSA) is 164 Å². The van der Waals surface area contributed by atoms with E-state index in [0.717, 1.165) is 71.9 Å². The number of hydrogen-bond acceptors (Lipinski definition) is 10. The molecule has 63 heavy (non-hydrogen) atoms. The molecular weight excluding hydrogens is 805 g/mol. The molecule has 6 aromatic rings. The molecule has 0 bridgehead atoms. The van der Waals surface area contributed by atoms with E-state index < -0.39 is 18.4 Å². The summed E-state index contributed by atoms with van der Waals surface area (Å²) < 4.78 is 33.5. The number of hydrogen-bond donors (Lipinski definition) is 1. The van der Waals surface area contributed by atoms with E-state index >= 15 is 0 Å². The van der Waals surface area contributed by atoms with Crippen molar-refractivity contribution in [1.29, 1.82) is 0 Å². The van der Waals surface area contributed by atoms with Gasteiger partial charge >= 0.3 is 0 Å². The molecular formula is C48H49F2N9O4. The molecule has 3 saturated carbocycles. The molecule has 6 atom stereocenters. The van der Waals surface area contributed by atoms with Crippen LogP contribution in [0.15, 0.2) is 72.8 Å². The van der Waals surface area contributed by atoms with E-state index in [9.17, 15) is 28.3 Å². The van der Waals surface area contributed by atoms with Crippen LogP contribution in [0.2, 0.25) is 0 Å². The first-order chi connectivity index (χ1) is 30.4. The summed E-state index contributed by atoms with van der Waals surface area (Å²) in [7, 11) is 0. The second-order valence-corrected chi connectivity index (χ2v) is 17.9. The number of halogens is 2. The number of Topliss-reactive ketones (excluding diaryl/α,β-unsaturated/α-hetero) is 3. The molecule has 3 aliphatic heterocycles. The first-order valence-electron chi connectivity index (χ1n) is 22.1. The van der Waals surface area contributed by atoms with Crippen molar-refractivity contribution < 1.29 is 28.3 Å². The predicted octanol–water partition coefficient (Wildman–Crippen LogP) is 8.57. The fourth-order valence-corrected chi connectivity index (χ4v) is 9.12.